The Morgan fingerprint density at radius 3 is 2.57 bits per heavy atom. The van der Waals surface area contributed by atoms with E-state index in [9.17, 15) is 4.79 Å². The Balaban J connectivity index is 2.47. The molecule has 0 atom stereocenters. The van der Waals surface area contributed by atoms with Crippen molar-refractivity contribution in [3.63, 3.8) is 0 Å². The molecule has 0 amide bonds. The van der Waals surface area contributed by atoms with Gasteiger partial charge in [0, 0.05) is 18.0 Å². The van der Waals surface area contributed by atoms with Gasteiger partial charge in [-0.3, -0.25) is 14.8 Å². The first kappa shape index (κ1) is 13.0. The lowest BCUT2D eigenvalue weighted by Crippen LogP contribution is -2.15. The standard InChI is InChI=1S/C15H5ClN4O/c16-9-4-11-12(8(5-17)6-18)15(21)10-2-1-3-19-13(10)14(11)20-7-9/h1-4,7H. The molecular weight excluding hydrogens is 288 g/mol. The van der Waals surface area contributed by atoms with Crippen molar-refractivity contribution in [3.05, 3.63) is 52.3 Å². The molecule has 0 spiro atoms. The summed E-state index contributed by atoms with van der Waals surface area (Å²) in [7, 11) is 0. The molecule has 2 heterocycles. The lowest BCUT2D eigenvalue weighted by atomic mass is 9.85. The normalized spacial score (nSPS) is 12.0. The van der Waals surface area contributed by atoms with Gasteiger partial charge in [-0.25, -0.2) is 0 Å². The third-order valence-electron chi connectivity index (χ3n) is 3.10. The van der Waals surface area contributed by atoms with Crippen molar-refractivity contribution < 1.29 is 4.79 Å². The van der Waals surface area contributed by atoms with Gasteiger partial charge in [0.05, 0.1) is 21.9 Å². The number of nitriles is 2. The van der Waals surface area contributed by atoms with Crippen LogP contribution in [0.2, 0.25) is 5.02 Å². The van der Waals surface area contributed by atoms with Gasteiger partial charge in [0.15, 0.2) is 5.78 Å². The second-order valence-corrected chi connectivity index (χ2v) is 4.69. The summed E-state index contributed by atoms with van der Waals surface area (Å²) < 4.78 is 0. The molecule has 0 aliphatic heterocycles. The second kappa shape index (κ2) is 4.82. The summed E-state index contributed by atoms with van der Waals surface area (Å²) in [6.07, 6.45) is 2.99. The molecule has 3 rings (SSSR count). The summed E-state index contributed by atoms with van der Waals surface area (Å²) in [6.45, 7) is 0. The molecule has 0 saturated carbocycles. The molecule has 0 radical (unpaired) electrons. The number of aromatic nitrogens is 2. The van der Waals surface area contributed by atoms with E-state index < -0.39 is 5.78 Å². The molecule has 0 N–H and O–H groups in total. The van der Waals surface area contributed by atoms with Gasteiger partial charge in [0.25, 0.3) is 0 Å². The number of carbonyl (C=O) groups is 1. The van der Waals surface area contributed by atoms with E-state index in [1.54, 1.807) is 30.5 Å². The number of hydrogen-bond acceptors (Lipinski definition) is 5. The van der Waals surface area contributed by atoms with Crippen LogP contribution in [0.5, 0.6) is 0 Å². The molecule has 0 unspecified atom stereocenters. The zero-order valence-corrected chi connectivity index (χ0v) is 11.2. The van der Waals surface area contributed by atoms with Gasteiger partial charge in [-0.1, -0.05) is 11.6 Å². The number of ketones is 1. The average Bonchev–Trinajstić information content (AvgIpc) is 2.51. The molecule has 0 aromatic carbocycles. The second-order valence-electron chi connectivity index (χ2n) is 4.25. The number of pyridine rings is 2. The van der Waals surface area contributed by atoms with E-state index in [2.05, 4.69) is 9.97 Å². The minimum Gasteiger partial charge on any atom is -0.288 e. The molecular formula is C15H5ClN4O. The lowest BCUT2D eigenvalue weighted by Gasteiger charge is -2.19. The maximum absolute atomic E-state index is 12.6. The summed E-state index contributed by atoms with van der Waals surface area (Å²) in [6, 6.07) is 8.23. The maximum atomic E-state index is 12.6. The molecule has 1 aliphatic carbocycles. The first-order chi connectivity index (χ1) is 10.2. The van der Waals surface area contributed by atoms with E-state index in [4.69, 9.17) is 22.1 Å². The monoisotopic (exact) mass is 292 g/mol. The zero-order valence-electron chi connectivity index (χ0n) is 10.5. The fraction of sp³-hybridized carbons (Fsp3) is 0. The summed E-state index contributed by atoms with van der Waals surface area (Å²) in [5.41, 5.74) is 1.29. The number of hydrogen-bond donors (Lipinski definition) is 0. The largest absolute Gasteiger partial charge is 0.288 e. The highest BCUT2D eigenvalue weighted by Crippen LogP contribution is 2.38. The maximum Gasteiger partial charge on any atom is 0.198 e. The minimum atomic E-state index is -0.423. The number of halogens is 1. The molecule has 0 saturated heterocycles. The van der Waals surface area contributed by atoms with Crippen molar-refractivity contribution in [3.8, 4) is 23.5 Å². The van der Waals surface area contributed by atoms with Crippen molar-refractivity contribution >= 4 is 23.0 Å². The Bertz CT molecular complexity index is 887. The zero-order chi connectivity index (χ0) is 15.0. The van der Waals surface area contributed by atoms with Gasteiger partial charge in [0.2, 0.25) is 0 Å². The van der Waals surface area contributed by atoms with Crippen molar-refractivity contribution in [2.24, 2.45) is 0 Å². The predicted octanol–water partition coefficient (Wildman–Crippen LogP) is 2.79. The number of carbonyl (C=O) groups excluding carboxylic acids is 1. The topological polar surface area (TPSA) is 90.4 Å². The summed E-state index contributed by atoms with van der Waals surface area (Å²) >= 11 is 5.93. The highest BCUT2D eigenvalue weighted by atomic mass is 35.5. The quantitative estimate of drug-likeness (QED) is 0.550. The van der Waals surface area contributed by atoms with Crippen LogP contribution in [0.3, 0.4) is 0 Å². The molecule has 2 aromatic rings. The highest BCUT2D eigenvalue weighted by Gasteiger charge is 2.32. The average molecular weight is 293 g/mol. The van der Waals surface area contributed by atoms with Crippen LogP contribution in [0.15, 0.2) is 36.2 Å². The Hall–Kier alpha value is -3.02. The van der Waals surface area contributed by atoms with Crippen LogP contribution in [0.25, 0.3) is 17.0 Å². The van der Waals surface area contributed by atoms with E-state index in [-0.39, 0.29) is 11.1 Å². The van der Waals surface area contributed by atoms with Gasteiger partial charge >= 0.3 is 0 Å². The SMILES string of the molecule is N#CC(C#N)=C1C(=O)c2cccnc2-c2ncc(Cl)cc21. The molecule has 0 bridgehead atoms. The Labute approximate surface area is 124 Å². The third kappa shape index (κ3) is 1.88. The van der Waals surface area contributed by atoms with Gasteiger partial charge in [-0.05, 0) is 18.2 Å². The van der Waals surface area contributed by atoms with Crippen molar-refractivity contribution in [2.45, 2.75) is 0 Å². The Morgan fingerprint density at radius 1 is 1.14 bits per heavy atom. The predicted molar refractivity (Wildman–Crippen MR) is 75.0 cm³/mol. The van der Waals surface area contributed by atoms with E-state index in [0.29, 0.717) is 27.5 Å². The molecule has 98 valence electrons. The third-order valence-corrected chi connectivity index (χ3v) is 3.31. The van der Waals surface area contributed by atoms with Crippen LogP contribution in [0, 0.1) is 22.7 Å². The Kier molecular flexibility index (Phi) is 2.98. The number of nitrogens with zero attached hydrogens (tertiary/aromatic N) is 4. The number of fused-ring (bicyclic) bond motifs is 3. The molecule has 2 aromatic heterocycles. The number of rotatable bonds is 0. The van der Waals surface area contributed by atoms with Crippen LogP contribution in [0.4, 0.5) is 0 Å². The van der Waals surface area contributed by atoms with Crippen molar-refractivity contribution in [2.75, 3.05) is 0 Å². The van der Waals surface area contributed by atoms with E-state index in [0.717, 1.165) is 0 Å². The minimum absolute atomic E-state index is 0.0190. The van der Waals surface area contributed by atoms with Gasteiger partial charge in [0.1, 0.15) is 23.4 Å². The van der Waals surface area contributed by atoms with Crippen molar-refractivity contribution in [1.82, 2.24) is 9.97 Å². The molecule has 6 heteroatoms. The summed E-state index contributed by atoms with van der Waals surface area (Å²) in [4.78, 5) is 20.9. The summed E-state index contributed by atoms with van der Waals surface area (Å²) in [5.74, 6) is -0.423. The fourth-order valence-corrected chi connectivity index (χ4v) is 2.40. The van der Waals surface area contributed by atoms with Gasteiger partial charge in [-0.2, -0.15) is 10.5 Å². The van der Waals surface area contributed by atoms with Crippen molar-refractivity contribution in [1.29, 1.82) is 10.5 Å². The van der Waals surface area contributed by atoms with Crippen LogP contribution in [-0.4, -0.2) is 15.8 Å². The van der Waals surface area contributed by atoms with E-state index >= 15 is 0 Å². The van der Waals surface area contributed by atoms with Crippen LogP contribution in [0.1, 0.15) is 15.9 Å². The molecule has 21 heavy (non-hydrogen) atoms. The lowest BCUT2D eigenvalue weighted by molar-refractivity contribution is 0.105. The number of Topliss-reactive ketones (excluding diaryl/α,β-unsaturated/α-hetero) is 1. The molecule has 1 aliphatic rings. The summed E-state index contributed by atoms with van der Waals surface area (Å²) in [5, 5.41) is 18.5. The highest BCUT2D eigenvalue weighted by molar-refractivity contribution is 6.36. The van der Waals surface area contributed by atoms with Crippen LogP contribution in [-0.2, 0) is 0 Å². The van der Waals surface area contributed by atoms with E-state index in [1.807, 2.05) is 0 Å². The first-order valence-electron chi connectivity index (χ1n) is 5.88. The smallest absolute Gasteiger partial charge is 0.198 e. The van der Waals surface area contributed by atoms with Crippen LogP contribution >= 0.6 is 11.6 Å². The fourth-order valence-electron chi connectivity index (χ4n) is 2.24. The van der Waals surface area contributed by atoms with Crippen LogP contribution < -0.4 is 0 Å². The Morgan fingerprint density at radius 2 is 1.86 bits per heavy atom. The van der Waals surface area contributed by atoms with Gasteiger partial charge in [-0.15, -0.1) is 0 Å². The molecule has 0 fully saturated rings. The molecule has 5 nitrogen and oxygen atoms in total. The first-order valence-corrected chi connectivity index (χ1v) is 6.25. The number of allylic oxidation sites excluding steroid dienone is 2. The van der Waals surface area contributed by atoms with Gasteiger partial charge < -0.3 is 0 Å². The van der Waals surface area contributed by atoms with E-state index in [1.165, 1.54) is 12.3 Å².